The SMILES string of the molecule is Cc1c(N)n[nH]c1-c1nnn(C)c1C. The fraction of sp³-hybridized carbons (Fsp3) is 0.375. The van der Waals surface area contributed by atoms with Crippen LogP contribution in [-0.2, 0) is 7.05 Å². The normalized spacial score (nSPS) is 10.8. The summed E-state index contributed by atoms with van der Waals surface area (Å²) in [4.78, 5) is 0. The van der Waals surface area contributed by atoms with Crippen molar-refractivity contribution >= 4 is 5.82 Å². The smallest absolute Gasteiger partial charge is 0.148 e. The van der Waals surface area contributed by atoms with Crippen LogP contribution >= 0.6 is 0 Å². The van der Waals surface area contributed by atoms with Crippen LogP contribution in [0.2, 0.25) is 0 Å². The second kappa shape index (κ2) is 2.83. The molecule has 0 fully saturated rings. The molecule has 0 atom stereocenters. The summed E-state index contributed by atoms with van der Waals surface area (Å²) >= 11 is 0. The summed E-state index contributed by atoms with van der Waals surface area (Å²) < 4.78 is 1.71. The number of nitrogens with two attached hydrogens (primary N) is 1. The van der Waals surface area contributed by atoms with Crippen molar-refractivity contribution < 1.29 is 0 Å². The van der Waals surface area contributed by atoms with Gasteiger partial charge in [-0.25, -0.2) is 0 Å². The van der Waals surface area contributed by atoms with Gasteiger partial charge in [0.25, 0.3) is 0 Å². The summed E-state index contributed by atoms with van der Waals surface area (Å²) in [7, 11) is 1.85. The zero-order valence-corrected chi connectivity index (χ0v) is 8.37. The standard InChI is InChI=1S/C8H12N6/c1-4-6(10-12-8(4)9)7-5(2)14(3)13-11-7/h1-3H3,(H3,9,10,12). The fourth-order valence-corrected chi connectivity index (χ4v) is 1.28. The van der Waals surface area contributed by atoms with Gasteiger partial charge in [-0.3, -0.25) is 9.78 Å². The molecule has 0 aliphatic rings. The number of nitrogens with zero attached hydrogens (tertiary/aromatic N) is 4. The van der Waals surface area contributed by atoms with Crippen LogP contribution in [0.5, 0.6) is 0 Å². The first-order valence-electron chi connectivity index (χ1n) is 4.28. The summed E-state index contributed by atoms with van der Waals surface area (Å²) in [6, 6.07) is 0. The Kier molecular flexibility index (Phi) is 1.77. The van der Waals surface area contributed by atoms with Crippen molar-refractivity contribution in [2.45, 2.75) is 13.8 Å². The molecule has 0 bridgehead atoms. The van der Waals surface area contributed by atoms with Gasteiger partial charge in [0, 0.05) is 12.6 Å². The molecule has 0 aromatic carbocycles. The number of anilines is 1. The van der Waals surface area contributed by atoms with Gasteiger partial charge in [-0.2, -0.15) is 5.10 Å². The largest absolute Gasteiger partial charge is 0.382 e. The Morgan fingerprint density at radius 3 is 2.50 bits per heavy atom. The summed E-state index contributed by atoms with van der Waals surface area (Å²) in [5, 5.41) is 14.7. The van der Waals surface area contributed by atoms with Crippen molar-refractivity contribution in [3.63, 3.8) is 0 Å². The van der Waals surface area contributed by atoms with E-state index < -0.39 is 0 Å². The quantitative estimate of drug-likeness (QED) is 0.685. The van der Waals surface area contributed by atoms with Crippen molar-refractivity contribution in [2.75, 3.05) is 5.73 Å². The first-order valence-corrected chi connectivity index (χ1v) is 4.28. The molecule has 6 nitrogen and oxygen atoms in total. The molecule has 0 spiro atoms. The predicted molar refractivity (Wildman–Crippen MR) is 52.5 cm³/mol. The molecule has 0 unspecified atom stereocenters. The first kappa shape index (κ1) is 8.74. The molecule has 14 heavy (non-hydrogen) atoms. The van der Waals surface area contributed by atoms with Gasteiger partial charge in [-0.15, -0.1) is 5.10 Å². The van der Waals surface area contributed by atoms with Crippen LogP contribution in [0.25, 0.3) is 11.4 Å². The Hall–Kier alpha value is -1.85. The number of aromatic nitrogens is 5. The highest BCUT2D eigenvalue weighted by Crippen LogP contribution is 2.24. The van der Waals surface area contributed by atoms with Crippen LogP contribution in [0.1, 0.15) is 11.3 Å². The summed E-state index contributed by atoms with van der Waals surface area (Å²) in [6.07, 6.45) is 0. The lowest BCUT2D eigenvalue weighted by Crippen LogP contribution is -1.93. The zero-order chi connectivity index (χ0) is 10.3. The van der Waals surface area contributed by atoms with Crippen LogP contribution in [0.3, 0.4) is 0 Å². The molecule has 2 heterocycles. The van der Waals surface area contributed by atoms with E-state index in [9.17, 15) is 0 Å². The molecule has 0 saturated carbocycles. The van der Waals surface area contributed by atoms with Crippen molar-refractivity contribution in [3.05, 3.63) is 11.3 Å². The molecule has 0 saturated heterocycles. The minimum Gasteiger partial charge on any atom is -0.382 e. The second-order valence-corrected chi connectivity index (χ2v) is 3.26. The maximum atomic E-state index is 5.64. The third-order valence-corrected chi connectivity index (χ3v) is 2.39. The highest BCUT2D eigenvalue weighted by Gasteiger charge is 2.14. The number of aryl methyl sites for hydroxylation is 1. The van der Waals surface area contributed by atoms with E-state index in [-0.39, 0.29) is 0 Å². The summed E-state index contributed by atoms with van der Waals surface area (Å²) in [5.41, 5.74) is 9.17. The van der Waals surface area contributed by atoms with E-state index in [1.807, 2.05) is 20.9 Å². The topological polar surface area (TPSA) is 85.4 Å². The minimum atomic E-state index is 0.505. The van der Waals surface area contributed by atoms with Crippen molar-refractivity contribution in [1.82, 2.24) is 25.2 Å². The Labute approximate surface area is 81.1 Å². The van der Waals surface area contributed by atoms with E-state index in [4.69, 9.17) is 5.73 Å². The van der Waals surface area contributed by atoms with E-state index in [1.165, 1.54) is 0 Å². The van der Waals surface area contributed by atoms with Crippen molar-refractivity contribution in [2.24, 2.45) is 7.05 Å². The lowest BCUT2D eigenvalue weighted by molar-refractivity contribution is 0.696. The van der Waals surface area contributed by atoms with Gasteiger partial charge < -0.3 is 5.73 Å². The Morgan fingerprint density at radius 1 is 1.36 bits per heavy atom. The van der Waals surface area contributed by atoms with Crippen LogP contribution in [0.15, 0.2) is 0 Å². The van der Waals surface area contributed by atoms with Gasteiger partial charge in [0.2, 0.25) is 0 Å². The molecule has 0 radical (unpaired) electrons. The Morgan fingerprint density at radius 2 is 2.07 bits per heavy atom. The van der Waals surface area contributed by atoms with E-state index in [0.29, 0.717) is 5.82 Å². The van der Waals surface area contributed by atoms with Gasteiger partial charge in [0.05, 0.1) is 11.4 Å². The van der Waals surface area contributed by atoms with Gasteiger partial charge in [-0.1, -0.05) is 5.21 Å². The second-order valence-electron chi connectivity index (χ2n) is 3.26. The molecule has 0 amide bonds. The van der Waals surface area contributed by atoms with Crippen molar-refractivity contribution in [1.29, 1.82) is 0 Å². The van der Waals surface area contributed by atoms with E-state index in [2.05, 4.69) is 20.5 Å². The number of hydrogen-bond donors (Lipinski definition) is 2. The first-order chi connectivity index (χ1) is 6.61. The van der Waals surface area contributed by atoms with Crippen LogP contribution in [0, 0.1) is 13.8 Å². The zero-order valence-electron chi connectivity index (χ0n) is 8.37. The van der Waals surface area contributed by atoms with Crippen molar-refractivity contribution in [3.8, 4) is 11.4 Å². The third kappa shape index (κ3) is 1.07. The molecule has 3 N–H and O–H groups in total. The molecule has 2 rings (SSSR count). The maximum absolute atomic E-state index is 5.64. The predicted octanol–water partition coefficient (Wildman–Crippen LogP) is 0.404. The number of nitrogen functional groups attached to an aromatic ring is 1. The number of hydrogen-bond acceptors (Lipinski definition) is 4. The lowest BCUT2D eigenvalue weighted by atomic mass is 10.2. The van der Waals surface area contributed by atoms with Crippen LogP contribution in [0.4, 0.5) is 5.82 Å². The summed E-state index contributed by atoms with van der Waals surface area (Å²) in [6.45, 7) is 3.86. The number of aromatic amines is 1. The minimum absolute atomic E-state index is 0.505. The average Bonchev–Trinajstić information content (AvgIpc) is 2.63. The van der Waals surface area contributed by atoms with E-state index in [1.54, 1.807) is 4.68 Å². The van der Waals surface area contributed by atoms with Gasteiger partial charge in [0.1, 0.15) is 11.5 Å². The van der Waals surface area contributed by atoms with Gasteiger partial charge in [-0.05, 0) is 13.8 Å². The monoisotopic (exact) mass is 192 g/mol. The summed E-state index contributed by atoms with van der Waals surface area (Å²) in [5.74, 6) is 0.505. The van der Waals surface area contributed by atoms with Crippen LogP contribution < -0.4 is 5.73 Å². The molecule has 2 aromatic heterocycles. The van der Waals surface area contributed by atoms with Crippen LogP contribution in [-0.4, -0.2) is 25.2 Å². The van der Waals surface area contributed by atoms with Gasteiger partial charge >= 0.3 is 0 Å². The van der Waals surface area contributed by atoms with E-state index >= 15 is 0 Å². The lowest BCUT2D eigenvalue weighted by Gasteiger charge is -1.96. The van der Waals surface area contributed by atoms with Gasteiger partial charge in [0.15, 0.2) is 0 Å². The van der Waals surface area contributed by atoms with E-state index in [0.717, 1.165) is 22.6 Å². The third-order valence-electron chi connectivity index (χ3n) is 2.39. The fourth-order valence-electron chi connectivity index (χ4n) is 1.28. The molecule has 74 valence electrons. The highest BCUT2D eigenvalue weighted by molar-refractivity contribution is 5.65. The molecule has 2 aromatic rings. The number of nitrogens with one attached hydrogen (secondary N) is 1. The highest BCUT2D eigenvalue weighted by atomic mass is 15.4. The number of H-pyrrole nitrogens is 1. The molecule has 0 aliphatic heterocycles. The molecular formula is C8H12N6. The molecule has 6 heteroatoms. The number of rotatable bonds is 1. The maximum Gasteiger partial charge on any atom is 0.148 e. The Balaban J connectivity index is 2.60. The molecular weight excluding hydrogens is 180 g/mol. The average molecular weight is 192 g/mol. The molecule has 0 aliphatic carbocycles. The Bertz CT molecular complexity index is 422.